The van der Waals surface area contributed by atoms with Crippen LogP contribution in [0.25, 0.3) is 5.69 Å². The molecule has 0 saturated heterocycles. The Morgan fingerprint density at radius 2 is 1.60 bits per heavy atom. The van der Waals surface area contributed by atoms with Crippen LogP contribution in [0.1, 0.15) is 12.6 Å². The monoisotopic (exact) mass is 424 g/mol. The van der Waals surface area contributed by atoms with Gasteiger partial charge in [-0.25, -0.2) is 4.68 Å². The van der Waals surface area contributed by atoms with Crippen LogP contribution >= 0.6 is 11.8 Å². The Bertz CT molecular complexity index is 1090. The van der Waals surface area contributed by atoms with Gasteiger partial charge in [0.05, 0.1) is 22.4 Å². The summed E-state index contributed by atoms with van der Waals surface area (Å²) in [6.45, 7) is 3.49. The molecule has 2 N–H and O–H groups in total. The van der Waals surface area contributed by atoms with Crippen LogP contribution < -0.4 is 16.2 Å². The second-order valence-corrected chi connectivity index (χ2v) is 8.12. The van der Waals surface area contributed by atoms with Gasteiger partial charge in [0.25, 0.3) is 5.56 Å². The van der Waals surface area contributed by atoms with Crippen molar-refractivity contribution in [2.24, 2.45) is 7.05 Å². The van der Waals surface area contributed by atoms with Gasteiger partial charge in [0.15, 0.2) is 0 Å². The fourth-order valence-electron chi connectivity index (χ4n) is 2.93. The van der Waals surface area contributed by atoms with Crippen LogP contribution in [0, 0.1) is 6.92 Å². The van der Waals surface area contributed by atoms with Gasteiger partial charge in [-0.3, -0.25) is 19.1 Å². The Kier molecular flexibility index (Phi) is 6.79. The van der Waals surface area contributed by atoms with Crippen LogP contribution in [0.5, 0.6) is 0 Å². The summed E-state index contributed by atoms with van der Waals surface area (Å²) in [5.74, 6) is -0.377. The van der Waals surface area contributed by atoms with E-state index in [-0.39, 0.29) is 28.8 Å². The highest BCUT2D eigenvalue weighted by Gasteiger charge is 2.21. The predicted octanol–water partition coefficient (Wildman–Crippen LogP) is 3.18. The number of para-hydroxylation sites is 2. The number of carbonyl (C=O) groups excluding carboxylic acids is 2. The zero-order valence-electron chi connectivity index (χ0n) is 17.1. The van der Waals surface area contributed by atoms with Gasteiger partial charge in [0.1, 0.15) is 5.69 Å². The first-order valence-electron chi connectivity index (χ1n) is 9.50. The van der Waals surface area contributed by atoms with E-state index in [1.54, 1.807) is 37.7 Å². The van der Waals surface area contributed by atoms with E-state index in [0.717, 1.165) is 0 Å². The molecule has 0 spiro atoms. The smallest absolute Gasteiger partial charge is 0.295 e. The van der Waals surface area contributed by atoms with E-state index in [4.69, 9.17) is 0 Å². The summed E-state index contributed by atoms with van der Waals surface area (Å²) >= 11 is 1.21. The van der Waals surface area contributed by atoms with Crippen molar-refractivity contribution in [3.8, 4) is 5.69 Å². The summed E-state index contributed by atoms with van der Waals surface area (Å²) in [7, 11) is 1.77. The Hall–Kier alpha value is -3.26. The van der Waals surface area contributed by atoms with Crippen LogP contribution in [0.3, 0.4) is 0 Å². The molecule has 3 rings (SSSR count). The van der Waals surface area contributed by atoms with Crippen molar-refractivity contribution in [2.45, 2.75) is 19.1 Å². The first kappa shape index (κ1) is 21.4. The topological polar surface area (TPSA) is 85.1 Å². The molecule has 0 aliphatic carbocycles. The molecule has 0 aliphatic heterocycles. The number of hydrogen-bond donors (Lipinski definition) is 2. The molecular weight excluding hydrogens is 400 g/mol. The molecular formula is C22H24N4O3S. The summed E-state index contributed by atoms with van der Waals surface area (Å²) in [6.07, 6.45) is 0. The average molecular weight is 425 g/mol. The number of thioether (sulfide) groups is 1. The number of aromatic nitrogens is 2. The maximum absolute atomic E-state index is 12.9. The number of rotatable bonds is 7. The summed E-state index contributed by atoms with van der Waals surface area (Å²) < 4.78 is 3.22. The van der Waals surface area contributed by atoms with Gasteiger partial charge in [-0.1, -0.05) is 36.4 Å². The molecule has 1 atom stereocenters. The first-order chi connectivity index (χ1) is 14.4. The lowest BCUT2D eigenvalue weighted by molar-refractivity contribution is -0.115. The first-order valence-corrected chi connectivity index (χ1v) is 10.5. The molecule has 2 amide bonds. The third-order valence-corrected chi connectivity index (χ3v) is 5.84. The molecule has 0 aliphatic rings. The third-order valence-electron chi connectivity index (χ3n) is 4.69. The van der Waals surface area contributed by atoms with E-state index in [1.165, 1.54) is 16.4 Å². The van der Waals surface area contributed by atoms with E-state index >= 15 is 0 Å². The average Bonchev–Trinajstić information content (AvgIpc) is 2.96. The van der Waals surface area contributed by atoms with Gasteiger partial charge in [-0.05, 0) is 38.1 Å². The van der Waals surface area contributed by atoms with Crippen molar-refractivity contribution in [1.29, 1.82) is 0 Å². The SMILES string of the molecule is Cc1c(NC(=O)C(C)SCC(=O)Nc2ccccc2)c(=O)n(-c2ccccc2)n1C. The van der Waals surface area contributed by atoms with E-state index in [1.807, 2.05) is 48.5 Å². The number of benzene rings is 2. The Labute approximate surface area is 179 Å². The fraction of sp³-hybridized carbons (Fsp3) is 0.227. The Morgan fingerprint density at radius 3 is 2.23 bits per heavy atom. The molecule has 3 aromatic rings. The maximum atomic E-state index is 12.9. The molecule has 7 nitrogen and oxygen atoms in total. The van der Waals surface area contributed by atoms with Crippen LogP contribution in [0.15, 0.2) is 65.5 Å². The zero-order chi connectivity index (χ0) is 21.7. The van der Waals surface area contributed by atoms with Gasteiger partial charge in [-0.15, -0.1) is 11.8 Å². The largest absolute Gasteiger partial charge is 0.325 e. The fourth-order valence-corrected chi connectivity index (χ4v) is 3.62. The summed E-state index contributed by atoms with van der Waals surface area (Å²) in [5.41, 5.74) is 2.02. The highest BCUT2D eigenvalue weighted by Crippen LogP contribution is 2.17. The van der Waals surface area contributed by atoms with Crippen molar-refractivity contribution >= 4 is 35.0 Å². The molecule has 2 aromatic carbocycles. The van der Waals surface area contributed by atoms with E-state index < -0.39 is 5.25 Å². The van der Waals surface area contributed by atoms with E-state index in [2.05, 4.69) is 10.6 Å². The van der Waals surface area contributed by atoms with E-state index in [0.29, 0.717) is 17.1 Å². The molecule has 0 bridgehead atoms. The number of hydrogen-bond acceptors (Lipinski definition) is 4. The number of nitrogens with zero attached hydrogens (tertiary/aromatic N) is 2. The van der Waals surface area contributed by atoms with E-state index in [9.17, 15) is 14.4 Å². The van der Waals surface area contributed by atoms with Crippen LogP contribution in [-0.2, 0) is 16.6 Å². The Balaban J connectivity index is 1.64. The van der Waals surface area contributed by atoms with Crippen molar-refractivity contribution in [3.05, 3.63) is 76.7 Å². The van der Waals surface area contributed by atoms with Crippen molar-refractivity contribution in [3.63, 3.8) is 0 Å². The molecule has 0 radical (unpaired) electrons. The summed E-state index contributed by atoms with van der Waals surface area (Å²) in [5, 5.41) is 5.02. The van der Waals surface area contributed by atoms with Gasteiger partial charge in [0, 0.05) is 12.7 Å². The third kappa shape index (κ3) is 4.83. The number of nitrogens with one attached hydrogen (secondary N) is 2. The molecule has 8 heteroatoms. The standard InChI is InChI=1S/C22H24N4O3S/c1-15-20(22(29)26(25(15)3)18-12-8-5-9-13-18)24-21(28)16(2)30-14-19(27)23-17-10-6-4-7-11-17/h4-13,16H,14H2,1-3H3,(H,23,27)(H,24,28). The van der Waals surface area contributed by atoms with Gasteiger partial charge < -0.3 is 10.6 Å². The number of amides is 2. The predicted molar refractivity (Wildman–Crippen MR) is 121 cm³/mol. The lowest BCUT2D eigenvalue weighted by atomic mass is 10.3. The van der Waals surface area contributed by atoms with Gasteiger partial charge in [0.2, 0.25) is 11.8 Å². The second kappa shape index (κ2) is 9.49. The zero-order valence-corrected chi connectivity index (χ0v) is 17.9. The molecule has 0 fully saturated rings. The highest BCUT2D eigenvalue weighted by atomic mass is 32.2. The quantitative estimate of drug-likeness (QED) is 0.610. The molecule has 0 saturated carbocycles. The van der Waals surface area contributed by atoms with Crippen LogP contribution in [0.4, 0.5) is 11.4 Å². The molecule has 1 aromatic heterocycles. The maximum Gasteiger partial charge on any atom is 0.295 e. The molecule has 30 heavy (non-hydrogen) atoms. The molecule has 1 heterocycles. The van der Waals surface area contributed by atoms with Gasteiger partial charge in [-0.2, -0.15) is 0 Å². The molecule has 156 valence electrons. The minimum atomic E-state index is -0.504. The van der Waals surface area contributed by atoms with Crippen LogP contribution in [0.2, 0.25) is 0 Å². The number of carbonyl (C=O) groups is 2. The number of anilines is 2. The summed E-state index contributed by atoms with van der Waals surface area (Å²) in [4.78, 5) is 37.6. The van der Waals surface area contributed by atoms with Gasteiger partial charge >= 0.3 is 0 Å². The van der Waals surface area contributed by atoms with Crippen molar-refractivity contribution in [1.82, 2.24) is 9.36 Å². The van der Waals surface area contributed by atoms with Crippen molar-refractivity contribution < 1.29 is 9.59 Å². The minimum Gasteiger partial charge on any atom is -0.325 e. The highest BCUT2D eigenvalue weighted by molar-refractivity contribution is 8.01. The second-order valence-electron chi connectivity index (χ2n) is 6.79. The lowest BCUT2D eigenvalue weighted by Crippen LogP contribution is -2.28. The van der Waals surface area contributed by atoms with Crippen molar-refractivity contribution in [2.75, 3.05) is 16.4 Å². The minimum absolute atomic E-state index is 0.130. The lowest BCUT2D eigenvalue weighted by Gasteiger charge is -2.11. The molecule has 1 unspecified atom stereocenters. The van der Waals surface area contributed by atoms with Crippen LogP contribution in [-0.4, -0.2) is 32.2 Å². The normalized spacial score (nSPS) is 11.7. The summed E-state index contributed by atoms with van der Waals surface area (Å²) in [6, 6.07) is 18.4. The Morgan fingerprint density at radius 1 is 1.00 bits per heavy atom.